The monoisotopic (exact) mass is 1290 g/mol. The van der Waals surface area contributed by atoms with Gasteiger partial charge in [0.05, 0.1) is 44.8 Å². The minimum Gasteiger partial charge on any atom is -0.872 e. The van der Waals surface area contributed by atoms with Crippen LogP contribution in [0, 0.1) is 92.9 Å². The van der Waals surface area contributed by atoms with E-state index in [1.54, 1.807) is 24.3 Å². The summed E-state index contributed by atoms with van der Waals surface area (Å²) in [4.78, 5) is 14.5. The van der Waals surface area contributed by atoms with Crippen molar-refractivity contribution in [2.24, 2.45) is 0 Å². The minimum atomic E-state index is -1.26. The fourth-order valence-electron chi connectivity index (χ4n) is 8.08. The van der Waals surface area contributed by atoms with E-state index < -0.39 is 14.2 Å². The first-order valence-corrected chi connectivity index (χ1v) is 25.2. The van der Waals surface area contributed by atoms with E-state index in [9.17, 15) is 20.4 Å². The normalized spacial score (nSPS) is 9.84. The summed E-state index contributed by atoms with van der Waals surface area (Å²) >= 11 is 19.1. The van der Waals surface area contributed by atoms with Crippen LogP contribution in [0.1, 0.15) is 79.5 Å². The fourth-order valence-corrected chi connectivity index (χ4v) is 8.08. The van der Waals surface area contributed by atoms with Gasteiger partial charge in [-0.15, -0.1) is 80.9 Å². The third-order valence-corrected chi connectivity index (χ3v) is 10.9. The van der Waals surface area contributed by atoms with Gasteiger partial charge in [-0.2, -0.15) is 0 Å². The van der Waals surface area contributed by atoms with Crippen molar-refractivity contribution in [2.75, 3.05) is 23.9 Å². The van der Waals surface area contributed by atoms with Gasteiger partial charge < -0.3 is 48.0 Å². The number of aromatic nitrogens is 12. The molecule has 8 rings (SSSR count). The molecular formula is C48H64B2Cl4Mo2N14O6. The van der Waals surface area contributed by atoms with E-state index in [0.717, 1.165) is 79.5 Å². The average molecular weight is 1290 g/mol. The first-order valence-electron chi connectivity index (χ1n) is 23.0. The van der Waals surface area contributed by atoms with Gasteiger partial charge in [0, 0.05) is 0 Å². The van der Waals surface area contributed by atoms with Crippen LogP contribution in [0.15, 0.2) is 84.9 Å². The second-order valence-corrected chi connectivity index (χ2v) is 18.4. The Hall–Kier alpha value is -4.91. The van der Waals surface area contributed by atoms with Gasteiger partial charge in [0.2, 0.25) is 0 Å². The van der Waals surface area contributed by atoms with Crippen molar-refractivity contribution in [1.29, 1.82) is 0 Å². The number of halogens is 4. The zero-order valence-corrected chi connectivity index (χ0v) is 51.8. The van der Waals surface area contributed by atoms with E-state index in [1.807, 2.05) is 41.5 Å². The third kappa shape index (κ3) is 23.4. The van der Waals surface area contributed by atoms with E-state index >= 15 is 0 Å². The summed E-state index contributed by atoms with van der Waals surface area (Å²) in [6.07, 6.45) is 1.03. The van der Waals surface area contributed by atoms with Gasteiger partial charge in [0.15, 0.2) is 0 Å². The molecule has 6 aromatic heterocycles. The van der Waals surface area contributed by atoms with E-state index in [-0.39, 0.29) is 77.5 Å². The quantitative estimate of drug-likeness (QED) is 0.131. The number of benzene rings is 2. The fraction of sp³-hybridized carbons (Fsp3) is 0.375. The number of nitrogens with zero attached hydrogens (tertiary/aromatic N) is 14. The van der Waals surface area contributed by atoms with Crippen LogP contribution in [0.25, 0.3) is 0 Å². The second-order valence-electron chi connectivity index (χ2n) is 16.8. The van der Waals surface area contributed by atoms with Crippen molar-refractivity contribution in [3.8, 4) is 11.5 Å². The zero-order valence-electron chi connectivity index (χ0n) is 44.8. The molecule has 0 atom stereocenters. The Labute approximate surface area is 494 Å². The molecule has 28 heteroatoms. The maximum Gasteiger partial charge on any atom is 3.00 e. The minimum absolute atomic E-state index is 0. The molecule has 0 N–H and O–H groups in total. The molecule has 0 bridgehead atoms. The summed E-state index contributed by atoms with van der Waals surface area (Å²) in [5.74, 6) is -0.00991. The SMILES string of the molecule is Cc1cc(C)n([BH-](n2nc(C)cc2C)n2nc(C)cc2C)n1.Cc1cc(C)n([BH-](n2nc(C)cc2C)n2nc(C)cc2C)n1.ClCCl.ClCCl.[Mo+3].[Mo+3].[N]=O.[N]=O.[O-]CCc1ccc([O-])cc1.[O-]CCc1ccc([O-])cc1. The van der Waals surface area contributed by atoms with Gasteiger partial charge in [-0.1, -0.05) is 48.5 Å². The van der Waals surface area contributed by atoms with Crippen LogP contribution in [0.2, 0.25) is 0 Å². The van der Waals surface area contributed by atoms with Crippen molar-refractivity contribution >= 4 is 60.6 Å². The molecule has 0 aliphatic heterocycles. The molecule has 2 aromatic carbocycles. The number of nitroso groups, excluding NO2 is 2. The van der Waals surface area contributed by atoms with Gasteiger partial charge in [-0.3, -0.25) is 0 Å². The molecule has 0 aliphatic rings. The maximum atomic E-state index is 10.5. The molecule has 0 saturated heterocycles. The van der Waals surface area contributed by atoms with Crippen LogP contribution in [-0.4, -0.2) is 96.3 Å². The standard InChI is InChI=1S/2C15H22BN6.2C8H9O2.2CH2Cl2.2Mo.2NO/c2*1-10-7-13(4)20(17-10)16(21-14(5)8-11(2)18-21)22-15(6)9-12(3)19-22;2*9-6-5-7-1-3-8(10)4-2-7;2*2-1-3;;;2*1-2/h2*7-9,16H,1-6H3;2*1-4,10H,5-6H2;2*1H2;;;;/q4*-1;;;2*+3;;/p-2. The van der Waals surface area contributed by atoms with E-state index in [2.05, 4.69) is 105 Å². The van der Waals surface area contributed by atoms with Crippen molar-refractivity contribution in [1.82, 2.24) is 69.3 Å². The Kier molecular flexibility index (Phi) is 37.2. The predicted molar refractivity (Wildman–Crippen MR) is 290 cm³/mol. The van der Waals surface area contributed by atoms with Gasteiger partial charge in [-0.05, 0) is 178 Å². The van der Waals surface area contributed by atoms with Crippen molar-refractivity contribution in [3.05, 3.63) is 174 Å². The molecule has 0 fully saturated rings. The molecule has 408 valence electrons. The van der Waals surface area contributed by atoms with Crippen LogP contribution in [-0.2, 0) is 55.0 Å². The Morgan fingerprint density at radius 1 is 0.382 bits per heavy atom. The number of alkyl halides is 4. The maximum absolute atomic E-state index is 10.5. The van der Waals surface area contributed by atoms with Crippen LogP contribution in [0.4, 0.5) is 0 Å². The van der Waals surface area contributed by atoms with Gasteiger partial charge in [0.1, 0.15) is 11.2 Å². The largest absolute Gasteiger partial charge is 3.00 e. The molecule has 0 unspecified atom stereocenters. The van der Waals surface area contributed by atoms with E-state index in [1.165, 1.54) is 24.3 Å². The molecule has 76 heavy (non-hydrogen) atoms. The van der Waals surface area contributed by atoms with Crippen LogP contribution in [0.3, 0.4) is 0 Å². The zero-order chi connectivity index (χ0) is 56.2. The summed E-state index contributed by atoms with van der Waals surface area (Å²) < 4.78 is 12.4. The molecular weight excluding hydrogens is 1220 g/mol. The molecule has 0 saturated carbocycles. The molecule has 4 radical (unpaired) electrons. The second kappa shape index (κ2) is 38.6. The molecule has 6 heterocycles. The van der Waals surface area contributed by atoms with Gasteiger partial charge in [-0.25, -0.2) is 30.6 Å². The number of aryl methyl sites for hydroxylation is 12. The van der Waals surface area contributed by atoms with Crippen molar-refractivity contribution in [2.45, 2.75) is 95.9 Å². The summed E-state index contributed by atoms with van der Waals surface area (Å²) in [6.45, 7) is 24.4. The van der Waals surface area contributed by atoms with Crippen LogP contribution in [0.5, 0.6) is 11.5 Å². The Morgan fingerprint density at radius 3 is 0.658 bits per heavy atom. The third-order valence-electron chi connectivity index (χ3n) is 10.9. The van der Waals surface area contributed by atoms with E-state index in [4.69, 9.17) is 98.0 Å². The first kappa shape index (κ1) is 73.2. The Morgan fingerprint density at radius 2 is 0.539 bits per heavy atom. The smallest absolute Gasteiger partial charge is 0.872 e. The summed E-state index contributed by atoms with van der Waals surface area (Å²) in [5.41, 5.74) is 26.2. The Bertz CT molecular complexity index is 2440. The van der Waals surface area contributed by atoms with Crippen LogP contribution < -0.4 is 31.6 Å². The Balaban J connectivity index is 0. The number of rotatable bonds is 10. The predicted octanol–water partition coefficient (Wildman–Crippen LogP) is 4.85. The average Bonchev–Trinajstić information content (AvgIpc) is 4.20. The molecule has 8 aromatic rings. The summed E-state index contributed by atoms with van der Waals surface area (Å²) in [7, 11) is -2.52. The van der Waals surface area contributed by atoms with Crippen molar-refractivity contribution in [3.63, 3.8) is 0 Å². The summed E-state index contributed by atoms with van der Waals surface area (Å²) in [5, 5.41) is 69.9. The molecule has 20 nitrogen and oxygen atoms in total. The number of hydrogen-bond donors (Lipinski definition) is 0. The molecule has 0 spiro atoms. The topological polar surface area (TPSA) is 278 Å². The molecule has 0 amide bonds. The molecule has 0 aliphatic carbocycles. The summed E-state index contributed by atoms with van der Waals surface area (Å²) in [6, 6.07) is 25.3. The van der Waals surface area contributed by atoms with Gasteiger partial charge >= 0.3 is 56.4 Å². The first-order chi connectivity index (χ1) is 35.2. The van der Waals surface area contributed by atoms with Gasteiger partial charge in [0.25, 0.3) is 0 Å². The van der Waals surface area contributed by atoms with Crippen molar-refractivity contribution < 1.29 is 62.6 Å². The van der Waals surface area contributed by atoms with Crippen LogP contribution >= 0.6 is 46.4 Å². The van der Waals surface area contributed by atoms with E-state index in [0.29, 0.717) is 12.8 Å². The number of hydrogen-bond acceptors (Lipinski definition) is 12.